The summed E-state index contributed by atoms with van der Waals surface area (Å²) in [5.41, 5.74) is 4.01. The molecule has 0 aliphatic rings. The normalized spacial score (nSPS) is 10.6. The minimum absolute atomic E-state index is 0.0261. The number of hydrogen-bond acceptors (Lipinski definition) is 5. The monoisotopic (exact) mass is 231 g/mol. The Morgan fingerprint density at radius 3 is 2.62 bits per heavy atom. The van der Waals surface area contributed by atoms with Gasteiger partial charge in [0, 0.05) is 6.07 Å². The average molecular weight is 231 g/mol. The van der Waals surface area contributed by atoms with Crippen molar-refractivity contribution < 1.29 is 22.7 Å². The highest BCUT2D eigenvalue weighted by Gasteiger charge is 2.34. The van der Waals surface area contributed by atoms with Crippen LogP contribution in [0.1, 0.15) is 16.1 Å². The van der Waals surface area contributed by atoms with E-state index in [0.717, 1.165) is 6.07 Å². The number of hydrogen-bond donors (Lipinski definition) is 1. The van der Waals surface area contributed by atoms with Gasteiger partial charge in [-0.25, -0.2) is 4.98 Å². The van der Waals surface area contributed by atoms with E-state index in [1.807, 2.05) is 0 Å². The minimum Gasteiger partial charge on any atom is -0.402 e. The Morgan fingerprint density at radius 2 is 2.19 bits per heavy atom. The standard InChI is InChI=1S/C8H4F3N3O2/c9-8(10,11)16-7-4(2-12)1-6(13)14-5(7)3-15/h1,3H,(H2,13,14). The second kappa shape index (κ2) is 4.06. The topological polar surface area (TPSA) is 89.0 Å². The van der Waals surface area contributed by atoms with Gasteiger partial charge in [0.25, 0.3) is 0 Å². The zero-order chi connectivity index (χ0) is 12.3. The number of halogens is 3. The van der Waals surface area contributed by atoms with E-state index in [4.69, 9.17) is 11.0 Å². The first-order valence-electron chi connectivity index (χ1n) is 3.79. The van der Waals surface area contributed by atoms with E-state index in [1.54, 1.807) is 0 Å². The minimum atomic E-state index is -5.01. The van der Waals surface area contributed by atoms with Gasteiger partial charge in [-0.2, -0.15) is 5.26 Å². The highest BCUT2D eigenvalue weighted by atomic mass is 19.4. The van der Waals surface area contributed by atoms with Gasteiger partial charge in [-0.3, -0.25) is 4.79 Å². The maximum Gasteiger partial charge on any atom is 0.573 e. The van der Waals surface area contributed by atoms with Gasteiger partial charge in [-0.15, -0.1) is 13.2 Å². The molecule has 0 aliphatic heterocycles. The second-order valence-electron chi connectivity index (χ2n) is 2.59. The third-order valence-electron chi connectivity index (χ3n) is 1.47. The third-order valence-corrected chi connectivity index (χ3v) is 1.47. The van der Waals surface area contributed by atoms with Crippen molar-refractivity contribution in [3.63, 3.8) is 0 Å². The number of nitriles is 1. The van der Waals surface area contributed by atoms with Crippen molar-refractivity contribution in [1.82, 2.24) is 4.98 Å². The molecule has 84 valence electrons. The van der Waals surface area contributed by atoms with Crippen LogP contribution in [0.2, 0.25) is 0 Å². The third kappa shape index (κ3) is 2.60. The first-order chi connectivity index (χ1) is 7.37. The average Bonchev–Trinajstić information content (AvgIpc) is 2.18. The van der Waals surface area contributed by atoms with E-state index in [9.17, 15) is 18.0 Å². The maximum absolute atomic E-state index is 12.0. The predicted molar refractivity (Wildman–Crippen MR) is 45.4 cm³/mol. The molecule has 1 heterocycles. The summed E-state index contributed by atoms with van der Waals surface area (Å²) < 4.78 is 39.4. The molecule has 0 unspecified atom stereocenters. The van der Waals surface area contributed by atoms with Crippen molar-refractivity contribution in [2.75, 3.05) is 5.73 Å². The van der Waals surface area contributed by atoms with E-state index < -0.39 is 23.4 Å². The fourth-order valence-electron chi connectivity index (χ4n) is 0.959. The summed E-state index contributed by atoms with van der Waals surface area (Å²) in [6.07, 6.45) is -4.99. The smallest absolute Gasteiger partial charge is 0.402 e. The first-order valence-corrected chi connectivity index (χ1v) is 3.79. The van der Waals surface area contributed by atoms with Crippen LogP contribution in [-0.4, -0.2) is 17.6 Å². The Morgan fingerprint density at radius 1 is 1.56 bits per heavy atom. The van der Waals surface area contributed by atoms with Crippen molar-refractivity contribution in [1.29, 1.82) is 5.26 Å². The number of nitrogens with two attached hydrogens (primary N) is 1. The Bertz CT molecular complexity index is 465. The van der Waals surface area contributed by atoms with Gasteiger partial charge >= 0.3 is 6.36 Å². The summed E-state index contributed by atoms with van der Waals surface area (Å²) in [7, 11) is 0. The number of nitrogen functional groups attached to an aromatic ring is 1. The van der Waals surface area contributed by atoms with Gasteiger partial charge in [-0.1, -0.05) is 0 Å². The molecule has 1 aromatic heterocycles. The summed E-state index contributed by atoms with van der Waals surface area (Å²) in [4.78, 5) is 13.8. The van der Waals surface area contributed by atoms with Gasteiger partial charge in [0.2, 0.25) is 0 Å². The molecule has 0 spiro atoms. The lowest BCUT2D eigenvalue weighted by molar-refractivity contribution is -0.274. The largest absolute Gasteiger partial charge is 0.573 e. The molecular formula is C8H4F3N3O2. The Kier molecular flexibility index (Phi) is 2.99. The second-order valence-corrected chi connectivity index (χ2v) is 2.59. The van der Waals surface area contributed by atoms with Gasteiger partial charge in [0.1, 0.15) is 23.1 Å². The zero-order valence-electron chi connectivity index (χ0n) is 7.58. The van der Waals surface area contributed by atoms with Crippen LogP contribution in [0.15, 0.2) is 6.07 Å². The van der Waals surface area contributed by atoms with Crippen molar-refractivity contribution in [3.05, 3.63) is 17.3 Å². The number of rotatable bonds is 2. The lowest BCUT2D eigenvalue weighted by atomic mass is 10.2. The van der Waals surface area contributed by atoms with Crippen LogP contribution in [0.4, 0.5) is 19.0 Å². The summed E-state index contributed by atoms with van der Waals surface area (Å²) in [6.45, 7) is 0. The highest BCUT2D eigenvalue weighted by molar-refractivity contribution is 5.79. The number of carbonyl (C=O) groups excluding carboxylic acids is 1. The lowest BCUT2D eigenvalue weighted by Gasteiger charge is -2.11. The molecule has 0 bridgehead atoms. The number of ether oxygens (including phenoxy) is 1. The molecule has 0 fully saturated rings. The summed E-state index contributed by atoms with van der Waals surface area (Å²) in [5.74, 6) is -1.19. The number of aromatic nitrogens is 1. The van der Waals surface area contributed by atoms with Gasteiger partial charge in [0.05, 0.1) is 0 Å². The first kappa shape index (κ1) is 11.8. The van der Waals surface area contributed by atoms with E-state index in [0.29, 0.717) is 0 Å². The van der Waals surface area contributed by atoms with Crippen LogP contribution < -0.4 is 10.5 Å². The van der Waals surface area contributed by atoms with E-state index in [-0.39, 0.29) is 12.1 Å². The molecule has 8 heteroatoms. The molecule has 0 radical (unpaired) electrons. The van der Waals surface area contributed by atoms with Gasteiger partial charge in [0.15, 0.2) is 12.0 Å². The SMILES string of the molecule is N#Cc1cc(N)nc(C=O)c1OC(F)(F)F. The predicted octanol–water partition coefficient (Wildman–Crippen LogP) is 1.25. The number of pyridine rings is 1. The molecule has 2 N–H and O–H groups in total. The Hall–Kier alpha value is -2.30. The van der Waals surface area contributed by atoms with Crippen LogP contribution >= 0.6 is 0 Å². The fourth-order valence-corrected chi connectivity index (χ4v) is 0.959. The molecular weight excluding hydrogens is 227 g/mol. The van der Waals surface area contributed by atoms with E-state index in [1.165, 1.54) is 6.07 Å². The van der Waals surface area contributed by atoms with Gasteiger partial charge in [-0.05, 0) is 0 Å². The van der Waals surface area contributed by atoms with Crippen molar-refractivity contribution in [2.24, 2.45) is 0 Å². The number of carbonyl (C=O) groups is 1. The quantitative estimate of drug-likeness (QED) is 0.773. The van der Waals surface area contributed by atoms with Crippen LogP contribution in [-0.2, 0) is 0 Å². The van der Waals surface area contributed by atoms with Gasteiger partial charge < -0.3 is 10.5 Å². The molecule has 0 saturated heterocycles. The molecule has 0 aromatic carbocycles. The lowest BCUT2D eigenvalue weighted by Crippen LogP contribution is -2.19. The number of anilines is 1. The number of aldehydes is 1. The summed E-state index contributed by atoms with van der Waals surface area (Å²) in [6, 6.07) is 2.31. The van der Waals surface area contributed by atoms with Crippen LogP contribution in [0, 0.1) is 11.3 Å². The fraction of sp³-hybridized carbons (Fsp3) is 0.125. The van der Waals surface area contributed by atoms with Crippen molar-refractivity contribution >= 4 is 12.1 Å². The van der Waals surface area contributed by atoms with Crippen LogP contribution in [0.3, 0.4) is 0 Å². The number of alkyl halides is 3. The van der Waals surface area contributed by atoms with Crippen molar-refractivity contribution in [2.45, 2.75) is 6.36 Å². The van der Waals surface area contributed by atoms with E-state index in [2.05, 4.69) is 9.72 Å². The van der Waals surface area contributed by atoms with Crippen LogP contribution in [0.25, 0.3) is 0 Å². The molecule has 5 nitrogen and oxygen atoms in total. The van der Waals surface area contributed by atoms with E-state index >= 15 is 0 Å². The number of nitrogens with zero attached hydrogens (tertiary/aromatic N) is 2. The Labute approximate surface area is 87.3 Å². The molecule has 0 saturated carbocycles. The molecule has 0 amide bonds. The molecule has 1 aromatic rings. The summed E-state index contributed by atoms with van der Waals surface area (Å²) >= 11 is 0. The highest BCUT2D eigenvalue weighted by Crippen LogP contribution is 2.29. The molecule has 16 heavy (non-hydrogen) atoms. The Balaban J connectivity index is 3.35. The zero-order valence-corrected chi connectivity index (χ0v) is 7.58. The maximum atomic E-state index is 12.0. The van der Waals surface area contributed by atoms with Crippen LogP contribution in [0.5, 0.6) is 5.75 Å². The molecule has 0 atom stereocenters. The molecule has 0 aliphatic carbocycles. The molecule has 1 rings (SSSR count). The van der Waals surface area contributed by atoms with Crippen molar-refractivity contribution in [3.8, 4) is 11.8 Å². The summed E-state index contributed by atoms with van der Waals surface area (Å²) in [5, 5.41) is 8.56.